The van der Waals surface area contributed by atoms with Gasteiger partial charge in [-0.15, -0.1) is 0 Å². The smallest absolute Gasteiger partial charge is 0.268 e. The molecule has 5 nitrogen and oxygen atoms in total. The van der Waals surface area contributed by atoms with E-state index in [1.54, 1.807) is 12.1 Å². The summed E-state index contributed by atoms with van der Waals surface area (Å²) < 4.78 is 0. The molecule has 0 spiro atoms. The number of hydrogen-bond donors (Lipinski definition) is 2. The molecule has 1 amide bonds. The van der Waals surface area contributed by atoms with Gasteiger partial charge in [-0.05, 0) is 42.5 Å². The first kappa shape index (κ1) is 16.4. The van der Waals surface area contributed by atoms with E-state index in [4.69, 9.17) is 0 Å². The first-order valence-electron chi connectivity index (χ1n) is 8.93. The van der Waals surface area contributed by atoms with Gasteiger partial charge in [0.2, 0.25) is 0 Å². The molecule has 0 radical (unpaired) electrons. The second kappa shape index (κ2) is 7.04. The molecule has 1 saturated heterocycles. The Morgan fingerprint density at radius 2 is 1.85 bits per heavy atom. The van der Waals surface area contributed by atoms with E-state index in [9.17, 15) is 9.59 Å². The minimum atomic E-state index is -0.234. The van der Waals surface area contributed by atoms with E-state index in [0.29, 0.717) is 11.1 Å². The molecule has 0 aliphatic carbocycles. The lowest BCUT2D eigenvalue weighted by atomic mass is 10.0. The van der Waals surface area contributed by atoms with Crippen LogP contribution in [0, 0.1) is 0 Å². The third-order valence-corrected chi connectivity index (χ3v) is 4.88. The number of carbonyl (C=O) groups excluding carboxylic acids is 1. The molecule has 1 aromatic heterocycles. The summed E-state index contributed by atoms with van der Waals surface area (Å²) in [4.78, 5) is 29.8. The van der Waals surface area contributed by atoms with Crippen LogP contribution in [0.1, 0.15) is 23.3 Å². The van der Waals surface area contributed by atoms with Crippen LogP contribution >= 0.6 is 0 Å². The van der Waals surface area contributed by atoms with Gasteiger partial charge in [0.25, 0.3) is 11.5 Å². The average molecular weight is 347 g/mol. The predicted molar refractivity (Wildman–Crippen MR) is 104 cm³/mol. The van der Waals surface area contributed by atoms with Crippen molar-refractivity contribution in [2.45, 2.75) is 18.9 Å². The van der Waals surface area contributed by atoms with Crippen LogP contribution in [0.25, 0.3) is 10.8 Å². The lowest BCUT2D eigenvalue weighted by Crippen LogP contribution is -2.48. The van der Waals surface area contributed by atoms with Gasteiger partial charge in [0, 0.05) is 30.2 Å². The van der Waals surface area contributed by atoms with E-state index in [-0.39, 0.29) is 17.5 Å². The van der Waals surface area contributed by atoms with Crippen LogP contribution in [0.4, 0.5) is 5.69 Å². The first-order valence-corrected chi connectivity index (χ1v) is 8.93. The number of aromatic amines is 1. The zero-order valence-corrected chi connectivity index (χ0v) is 14.4. The maximum atomic E-state index is 12.7. The molecule has 2 aromatic carbocycles. The number of benzene rings is 2. The van der Waals surface area contributed by atoms with Crippen molar-refractivity contribution in [1.82, 2.24) is 10.3 Å². The molecule has 1 aliphatic heterocycles. The van der Waals surface area contributed by atoms with Gasteiger partial charge in [-0.3, -0.25) is 9.59 Å². The number of rotatable bonds is 3. The van der Waals surface area contributed by atoms with Crippen LogP contribution in [0.15, 0.2) is 65.5 Å². The molecule has 5 heteroatoms. The Hall–Kier alpha value is -3.08. The van der Waals surface area contributed by atoms with Gasteiger partial charge in [-0.2, -0.15) is 0 Å². The van der Waals surface area contributed by atoms with E-state index < -0.39 is 0 Å². The summed E-state index contributed by atoms with van der Waals surface area (Å²) in [6.45, 7) is 1.76. The third-order valence-electron chi connectivity index (χ3n) is 4.88. The van der Waals surface area contributed by atoms with Crippen molar-refractivity contribution in [3.05, 3.63) is 76.7 Å². The highest BCUT2D eigenvalue weighted by molar-refractivity contribution is 5.96. The van der Waals surface area contributed by atoms with Crippen molar-refractivity contribution in [1.29, 1.82) is 0 Å². The number of aromatic nitrogens is 1. The second-order valence-electron chi connectivity index (χ2n) is 6.69. The third kappa shape index (κ3) is 3.33. The normalized spacial score (nSPS) is 17.2. The monoisotopic (exact) mass is 347 g/mol. The minimum absolute atomic E-state index is 0.0615. The highest BCUT2D eigenvalue weighted by Gasteiger charge is 2.22. The Balaban J connectivity index is 1.50. The molecule has 1 atom stereocenters. The number of anilines is 1. The molecule has 1 fully saturated rings. The number of amides is 1. The SMILES string of the molecule is O=C(NC1CCCN(c2ccccc2)C1)c1cc2ccccc2c(=O)[nH]1. The van der Waals surface area contributed by atoms with E-state index >= 15 is 0 Å². The number of H-pyrrole nitrogens is 1. The molecule has 2 N–H and O–H groups in total. The summed E-state index contributed by atoms with van der Waals surface area (Å²) in [7, 11) is 0. The summed E-state index contributed by atoms with van der Waals surface area (Å²) in [6.07, 6.45) is 1.96. The fourth-order valence-corrected chi connectivity index (χ4v) is 3.56. The predicted octanol–water partition coefficient (Wildman–Crippen LogP) is 2.93. The number of hydrogen-bond acceptors (Lipinski definition) is 3. The largest absolute Gasteiger partial charge is 0.369 e. The Bertz CT molecular complexity index is 981. The standard InChI is InChI=1S/C21H21N3O2/c25-20-18-11-5-4-7-15(18)13-19(23-20)21(26)22-16-8-6-12-24(14-16)17-9-2-1-3-10-17/h1-5,7,9-11,13,16H,6,8,12,14H2,(H,22,26)(H,23,25). The second-order valence-corrected chi connectivity index (χ2v) is 6.69. The summed E-state index contributed by atoms with van der Waals surface area (Å²) in [5, 5.41) is 4.44. The van der Waals surface area contributed by atoms with Crippen molar-refractivity contribution in [3.63, 3.8) is 0 Å². The quantitative estimate of drug-likeness (QED) is 0.766. The first-order chi connectivity index (χ1) is 12.7. The summed E-state index contributed by atoms with van der Waals surface area (Å²) >= 11 is 0. The van der Waals surface area contributed by atoms with E-state index in [0.717, 1.165) is 31.3 Å². The summed E-state index contributed by atoms with van der Waals surface area (Å²) in [5.41, 5.74) is 1.25. The lowest BCUT2D eigenvalue weighted by molar-refractivity contribution is 0.0928. The van der Waals surface area contributed by atoms with E-state index in [1.165, 1.54) is 5.69 Å². The highest BCUT2D eigenvalue weighted by atomic mass is 16.2. The Morgan fingerprint density at radius 3 is 2.69 bits per heavy atom. The van der Waals surface area contributed by atoms with Gasteiger partial charge in [-0.25, -0.2) is 0 Å². The average Bonchev–Trinajstić information content (AvgIpc) is 2.69. The number of nitrogens with zero attached hydrogens (tertiary/aromatic N) is 1. The molecular formula is C21H21N3O2. The van der Waals surface area contributed by atoms with Crippen molar-refractivity contribution in [2.24, 2.45) is 0 Å². The van der Waals surface area contributed by atoms with Crippen LogP contribution in [0.2, 0.25) is 0 Å². The molecule has 3 aromatic rings. The van der Waals surface area contributed by atoms with E-state index in [2.05, 4.69) is 27.3 Å². The topological polar surface area (TPSA) is 65.2 Å². The van der Waals surface area contributed by atoms with Crippen molar-refractivity contribution in [2.75, 3.05) is 18.0 Å². The number of nitrogens with one attached hydrogen (secondary N) is 2. The molecule has 0 saturated carbocycles. The molecule has 0 bridgehead atoms. The Kier molecular flexibility index (Phi) is 4.44. The number of pyridine rings is 1. The Labute approximate surface area is 151 Å². The lowest BCUT2D eigenvalue weighted by Gasteiger charge is -2.34. The molecule has 1 unspecified atom stereocenters. The molecule has 4 rings (SSSR count). The molecule has 2 heterocycles. The van der Waals surface area contributed by atoms with Crippen molar-refractivity contribution < 1.29 is 4.79 Å². The van der Waals surface area contributed by atoms with Crippen LogP contribution < -0.4 is 15.8 Å². The minimum Gasteiger partial charge on any atom is -0.369 e. The van der Waals surface area contributed by atoms with Crippen LogP contribution in [-0.4, -0.2) is 30.0 Å². The van der Waals surface area contributed by atoms with Gasteiger partial charge in [0.1, 0.15) is 5.69 Å². The fraction of sp³-hybridized carbons (Fsp3) is 0.238. The number of para-hydroxylation sites is 1. The van der Waals surface area contributed by atoms with Crippen molar-refractivity contribution >= 4 is 22.4 Å². The van der Waals surface area contributed by atoms with Crippen LogP contribution in [0.3, 0.4) is 0 Å². The summed E-state index contributed by atoms with van der Waals surface area (Å²) in [6, 6.07) is 19.3. The maximum absolute atomic E-state index is 12.7. The van der Waals surface area contributed by atoms with Crippen LogP contribution in [-0.2, 0) is 0 Å². The van der Waals surface area contributed by atoms with Gasteiger partial charge < -0.3 is 15.2 Å². The summed E-state index contributed by atoms with van der Waals surface area (Å²) in [5.74, 6) is -0.229. The number of fused-ring (bicyclic) bond motifs is 1. The molecule has 132 valence electrons. The number of carbonyl (C=O) groups is 1. The van der Waals surface area contributed by atoms with Crippen LogP contribution in [0.5, 0.6) is 0 Å². The molecule has 1 aliphatic rings. The zero-order valence-electron chi connectivity index (χ0n) is 14.4. The van der Waals surface area contributed by atoms with Gasteiger partial charge in [-0.1, -0.05) is 36.4 Å². The number of piperidine rings is 1. The Morgan fingerprint density at radius 1 is 1.08 bits per heavy atom. The van der Waals surface area contributed by atoms with Gasteiger partial charge >= 0.3 is 0 Å². The molecule has 26 heavy (non-hydrogen) atoms. The van der Waals surface area contributed by atoms with E-state index in [1.807, 2.05) is 36.4 Å². The zero-order chi connectivity index (χ0) is 17.9. The van der Waals surface area contributed by atoms with Gasteiger partial charge in [0.15, 0.2) is 0 Å². The van der Waals surface area contributed by atoms with Gasteiger partial charge in [0.05, 0.1) is 0 Å². The molecular weight excluding hydrogens is 326 g/mol. The highest BCUT2D eigenvalue weighted by Crippen LogP contribution is 2.19. The maximum Gasteiger partial charge on any atom is 0.268 e. The fourth-order valence-electron chi connectivity index (χ4n) is 3.56. The van der Waals surface area contributed by atoms with Crippen molar-refractivity contribution in [3.8, 4) is 0 Å².